The van der Waals surface area contributed by atoms with Gasteiger partial charge in [-0.25, -0.2) is 4.79 Å². The first-order valence-corrected chi connectivity index (χ1v) is 10.2. The van der Waals surface area contributed by atoms with E-state index in [1.807, 2.05) is 0 Å². The lowest BCUT2D eigenvalue weighted by Gasteiger charge is -2.12. The topological polar surface area (TPSA) is 117 Å². The minimum absolute atomic E-state index is 0.164. The van der Waals surface area contributed by atoms with Crippen molar-refractivity contribution in [2.24, 2.45) is 0 Å². The number of nitrogens with zero attached hydrogens (tertiary/aromatic N) is 1. The summed E-state index contributed by atoms with van der Waals surface area (Å²) < 4.78 is 16.4. The molecule has 0 spiro atoms. The summed E-state index contributed by atoms with van der Waals surface area (Å²) >= 11 is 1.28. The Morgan fingerprint density at radius 1 is 1.10 bits per heavy atom. The molecule has 162 valence electrons. The number of esters is 1. The van der Waals surface area contributed by atoms with Crippen LogP contribution in [0.2, 0.25) is 0 Å². The van der Waals surface area contributed by atoms with Crippen molar-refractivity contribution in [1.82, 2.24) is 0 Å². The maximum absolute atomic E-state index is 12.8. The fraction of sp³-hybridized carbons (Fsp3) is 0.238. The molecule has 0 bridgehead atoms. The monoisotopic (exact) mass is 444 g/mol. The normalized spacial score (nSPS) is 10.5. The molecule has 1 amide bonds. The van der Waals surface area contributed by atoms with Gasteiger partial charge >= 0.3 is 5.97 Å². The number of fused-ring (bicyclic) bond motifs is 1. The van der Waals surface area contributed by atoms with Crippen LogP contribution < -0.4 is 14.8 Å². The molecule has 2 aromatic carbocycles. The molecule has 9 nitrogen and oxygen atoms in total. The molecular formula is C21H20N2O7S. The van der Waals surface area contributed by atoms with Crippen molar-refractivity contribution in [2.45, 2.75) is 13.8 Å². The van der Waals surface area contributed by atoms with Gasteiger partial charge in [0, 0.05) is 16.5 Å². The molecule has 0 aliphatic carbocycles. The zero-order chi connectivity index (χ0) is 22.5. The number of carbonyl (C=O) groups is 2. The number of hydrogen-bond acceptors (Lipinski definition) is 8. The highest BCUT2D eigenvalue weighted by Crippen LogP contribution is 2.35. The Morgan fingerprint density at radius 2 is 1.87 bits per heavy atom. The quantitative estimate of drug-likeness (QED) is 0.305. The molecule has 0 saturated carbocycles. The largest absolute Gasteiger partial charge is 0.493 e. The van der Waals surface area contributed by atoms with E-state index in [-0.39, 0.29) is 30.3 Å². The Hall–Kier alpha value is -3.66. The Bertz CT molecular complexity index is 1160. The number of nitro groups is 1. The average molecular weight is 444 g/mol. The minimum Gasteiger partial charge on any atom is -0.493 e. The summed E-state index contributed by atoms with van der Waals surface area (Å²) in [5.74, 6) is -0.691. The molecule has 0 fully saturated rings. The Kier molecular flexibility index (Phi) is 6.71. The predicted octanol–water partition coefficient (Wildman–Crippen LogP) is 4.65. The molecule has 1 aromatic heterocycles. The summed E-state index contributed by atoms with van der Waals surface area (Å²) in [7, 11) is 1.39. The number of thiophene rings is 1. The van der Waals surface area contributed by atoms with Crippen molar-refractivity contribution in [3.63, 3.8) is 0 Å². The number of benzene rings is 2. The van der Waals surface area contributed by atoms with E-state index < -0.39 is 22.5 Å². The van der Waals surface area contributed by atoms with Gasteiger partial charge < -0.3 is 19.5 Å². The van der Waals surface area contributed by atoms with Crippen LogP contribution in [0.1, 0.15) is 33.9 Å². The standard InChI is InChI=1S/C21H20N2O7S/c1-4-29-17-11-15(23(26)27)14(10-16(17)28-3)20(24)22-13-6-7-18-12(8-13)9-19(31-18)21(25)30-5-2/h6-11H,4-5H2,1-3H3,(H,22,24). The number of ether oxygens (including phenoxy) is 3. The average Bonchev–Trinajstić information content (AvgIpc) is 3.17. The summed E-state index contributed by atoms with van der Waals surface area (Å²) in [6.07, 6.45) is 0. The fourth-order valence-corrected chi connectivity index (χ4v) is 3.87. The molecule has 0 aliphatic rings. The van der Waals surface area contributed by atoms with Gasteiger partial charge in [-0.15, -0.1) is 11.3 Å². The first-order valence-electron chi connectivity index (χ1n) is 9.39. The second-order valence-corrected chi connectivity index (χ2v) is 7.33. The fourth-order valence-electron chi connectivity index (χ4n) is 2.93. The highest BCUT2D eigenvalue weighted by atomic mass is 32.1. The third kappa shape index (κ3) is 4.75. The van der Waals surface area contributed by atoms with Gasteiger partial charge in [0.05, 0.1) is 31.3 Å². The second kappa shape index (κ2) is 9.43. The number of methoxy groups -OCH3 is 1. The molecule has 31 heavy (non-hydrogen) atoms. The van der Waals surface area contributed by atoms with Crippen LogP contribution in [-0.2, 0) is 4.74 Å². The van der Waals surface area contributed by atoms with Gasteiger partial charge in [-0.3, -0.25) is 14.9 Å². The second-order valence-electron chi connectivity index (χ2n) is 6.25. The summed E-state index contributed by atoms with van der Waals surface area (Å²) in [6, 6.07) is 9.22. The van der Waals surface area contributed by atoms with Crippen LogP contribution in [0.4, 0.5) is 11.4 Å². The number of amides is 1. The number of nitrogens with one attached hydrogen (secondary N) is 1. The summed E-state index contributed by atoms with van der Waals surface area (Å²) in [5, 5.41) is 14.9. The van der Waals surface area contributed by atoms with E-state index in [9.17, 15) is 19.7 Å². The van der Waals surface area contributed by atoms with E-state index in [4.69, 9.17) is 14.2 Å². The van der Waals surface area contributed by atoms with Gasteiger partial charge in [-0.05, 0) is 43.5 Å². The molecule has 0 atom stereocenters. The lowest BCUT2D eigenvalue weighted by Crippen LogP contribution is -2.14. The highest BCUT2D eigenvalue weighted by Gasteiger charge is 2.25. The van der Waals surface area contributed by atoms with Crippen LogP contribution in [0.15, 0.2) is 36.4 Å². The molecule has 3 rings (SSSR count). The van der Waals surface area contributed by atoms with Crippen LogP contribution in [0.3, 0.4) is 0 Å². The maximum Gasteiger partial charge on any atom is 0.348 e. The molecular weight excluding hydrogens is 424 g/mol. The number of carbonyl (C=O) groups excluding carboxylic acids is 2. The van der Waals surface area contributed by atoms with E-state index in [0.29, 0.717) is 10.6 Å². The van der Waals surface area contributed by atoms with Gasteiger partial charge in [0.2, 0.25) is 0 Å². The van der Waals surface area contributed by atoms with Crippen molar-refractivity contribution < 1.29 is 28.7 Å². The lowest BCUT2D eigenvalue weighted by atomic mass is 10.1. The van der Waals surface area contributed by atoms with Crippen molar-refractivity contribution in [2.75, 3.05) is 25.6 Å². The molecule has 3 aromatic rings. The minimum atomic E-state index is -0.673. The highest BCUT2D eigenvalue weighted by molar-refractivity contribution is 7.20. The van der Waals surface area contributed by atoms with Crippen molar-refractivity contribution in [3.8, 4) is 11.5 Å². The van der Waals surface area contributed by atoms with E-state index in [2.05, 4.69) is 5.32 Å². The van der Waals surface area contributed by atoms with E-state index in [1.54, 1.807) is 38.1 Å². The Labute approximate surface area is 181 Å². The molecule has 0 aliphatic heterocycles. The van der Waals surface area contributed by atoms with Crippen LogP contribution in [0, 0.1) is 10.1 Å². The first-order chi connectivity index (χ1) is 14.9. The molecule has 10 heteroatoms. The SMILES string of the molecule is CCOC(=O)c1cc2cc(NC(=O)c3cc(OC)c(OCC)cc3[N+](=O)[O-])ccc2s1. The van der Waals surface area contributed by atoms with E-state index in [1.165, 1.54) is 30.6 Å². The molecule has 1 heterocycles. The molecule has 0 radical (unpaired) electrons. The van der Waals surface area contributed by atoms with Crippen LogP contribution >= 0.6 is 11.3 Å². The van der Waals surface area contributed by atoms with Crippen LogP contribution in [0.25, 0.3) is 10.1 Å². The number of anilines is 1. The van der Waals surface area contributed by atoms with E-state index >= 15 is 0 Å². The molecule has 1 N–H and O–H groups in total. The molecule has 0 saturated heterocycles. The summed E-state index contributed by atoms with van der Waals surface area (Å²) in [4.78, 5) is 36.1. The smallest absolute Gasteiger partial charge is 0.348 e. The predicted molar refractivity (Wildman–Crippen MR) is 117 cm³/mol. The van der Waals surface area contributed by atoms with Crippen LogP contribution in [0.5, 0.6) is 11.5 Å². The zero-order valence-corrected chi connectivity index (χ0v) is 17.9. The lowest BCUT2D eigenvalue weighted by molar-refractivity contribution is -0.385. The van der Waals surface area contributed by atoms with Crippen molar-refractivity contribution in [3.05, 3.63) is 57.0 Å². The van der Waals surface area contributed by atoms with Gasteiger partial charge in [-0.1, -0.05) is 0 Å². The zero-order valence-electron chi connectivity index (χ0n) is 17.1. The number of rotatable bonds is 8. The maximum atomic E-state index is 12.8. The van der Waals surface area contributed by atoms with Crippen molar-refractivity contribution in [1.29, 1.82) is 0 Å². The Morgan fingerprint density at radius 3 is 2.52 bits per heavy atom. The molecule has 0 unspecified atom stereocenters. The van der Waals surface area contributed by atoms with Crippen molar-refractivity contribution >= 4 is 44.7 Å². The third-order valence-electron chi connectivity index (χ3n) is 4.27. The third-order valence-corrected chi connectivity index (χ3v) is 5.37. The van der Waals surface area contributed by atoms with Crippen LogP contribution in [-0.4, -0.2) is 37.1 Å². The van der Waals surface area contributed by atoms with E-state index in [0.717, 1.165) is 10.1 Å². The van der Waals surface area contributed by atoms with Gasteiger partial charge in [0.25, 0.3) is 11.6 Å². The first kappa shape index (κ1) is 22.0. The summed E-state index contributed by atoms with van der Waals surface area (Å²) in [5.41, 5.74) is -0.140. The van der Waals surface area contributed by atoms with Gasteiger partial charge in [0.15, 0.2) is 11.5 Å². The number of nitro benzene ring substituents is 1. The number of hydrogen-bond donors (Lipinski definition) is 1. The summed E-state index contributed by atoms with van der Waals surface area (Å²) in [6.45, 7) is 4.03. The Balaban J connectivity index is 1.92. The van der Waals surface area contributed by atoms with Gasteiger partial charge in [-0.2, -0.15) is 0 Å². The van der Waals surface area contributed by atoms with Gasteiger partial charge in [0.1, 0.15) is 10.4 Å².